The molecule has 1 aromatic heterocycles. The first kappa shape index (κ1) is 19.6. The number of benzene rings is 2. The lowest BCUT2D eigenvalue weighted by atomic mass is 10.1. The van der Waals surface area contributed by atoms with Crippen LogP contribution in [0, 0.1) is 0 Å². The summed E-state index contributed by atoms with van der Waals surface area (Å²) in [6.45, 7) is 1.68. The quantitative estimate of drug-likeness (QED) is 0.571. The van der Waals surface area contributed by atoms with E-state index in [0.29, 0.717) is 23.1 Å². The van der Waals surface area contributed by atoms with Crippen molar-refractivity contribution < 1.29 is 18.3 Å². The van der Waals surface area contributed by atoms with Crippen molar-refractivity contribution in [3.63, 3.8) is 0 Å². The predicted octanol–water partition coefficient (Wildman–Crippen LogP) is 4.70. The number of anilines is 3. The normalized spacial score (nSPS) is 12.5. The Morgan fingerprint density at radius 2 is 1.68 bits per heavy atom. The third-order valence-electron chi connectivity index (χ3n) is 3.93. The number of aliphatic hydroxyl groups is 1. The fraction of sp³-hybridized carbons (Fsp3) is 0.200. The van der Waals surface area contributed by atoms with Crippen molar-refractivity contribution in [2.75, 3.05) is 17.2 Å². The summed E-state index contributed by atoms with van der Waals surface area (Å²) >= 11 is 0. The van der Waals surface area contributed by atoms with Crippen molar-refractivity contribution in [2.45, 2.75) is 19.1 Å². The molecule has 28 heavy (non-hydrogen) atoms. The van der Waals surface area contributed by atoms with Crippen molar-refractivity contribution in [1.82, 2.24) is 9.97 Å². The van der Waals surface area contributed by atoms with Crippen molar-refractivity contribution in [3.8, 4) is 11.3 Å². The van der Waals surface area contributed by atoms with Gasteiger partial charge in [0.05, 0.1) is 17.9 Å². The minimum atomic E-state index is -4.38. The highest BCUT2D eigenvalue weighted by atomic mass is 19.4. The maximum absolute atomic E-state index is 12.7. The zero-order chi connectivity index (χ0) is 20.1. The van der Waals surface area contributed by atoms with Crippen LogP contribution in [0.1, 0.15) is 12.5 Å². The first-order valence-corrected chi connectivity index (χ1v) is 8.61. The minimum absolute atomic E-state index is 0.0966. The smallest absolute Gasteiger partial charge is 0.394 e. The third-order valence-corrected chi connectivity index (χ3v) is 3.93. The number of nitrogens with one attached hydrogen (secondary N) is 2. The van der Waals surface area contributed by atoms with Crippen LogP contribution in [0.25, 0.3) is 11.3 Å². The summed E-state index contributed by atoms with van der Waals surface area (Å²) in [5.74, 6) is 0.721. The average molecular weight is 388 g/mol. The highest BCUT2D eigenvalue weighted by Gasteiger charge is 2.29. The van der Waals surface area contributed by atoms with Gasteiger partial charge >= 0.3 is 6.18 Å². The molecule has 146 valence electrons. The molecule has 0 aliphatic heterocycles. The van der Waals surface area contributed by atoms with E-state index in [0.717, 1.165) is 17.7 Å². The van der Waals surface area contributed by atoms with E-state index in [1.165, 1.54) is 12.1 Å². The molecule has 0 aliphatic carbocycles. The number of hydrogen-bond donors (Lipinski definition) is 3. The maximum atomic E-state index is 12.7. The summed E-state index contributed by atoms with van der Waals surface area (Å²) < 4.78 is 38.2. The van der Waals surface area contributed by atoms with Crippen LogP contribution in [0.5, 0.6) is 0 Å². The fourth-order valence-electron chi connectivity index (χ4n) is 2.49. The second-order valence-corrected chi connectivity index (χ2v) is 6.26. The molecule has 8 heteroatoms. The Bertz CT molecular complexity index is 915. The van der Waals surface area contributed by atoms with Gasteiger partial charge in [-0.2, -0.15) is 18.2 Å². The molecule has 0 bridgehead atoms. The predicted molar refractivity (Wildman–Crippen MR) is 102 cm³/mol. The fourth-order valence-corrected chi connectivity index (χ4v) is 2.49. The zero-order valence-corrected chi connectivity index (χ0v) is 15.0. The number of halogens is 3. The van der Waals surface area contributed by atoms with Gasteiger partial charge in [0.25, 0.3) is 0 Å². The molecule has 0 unspecified atom stereocenters. The number of alkyl halides is 3. The number of nitrogens with zero attached hydrogens (tertiary/aromatic N) is 2. The van der Waals surface area contributed by atoms with Crippen molar-refractivity contribution in [3.05, 3.63) is 66.2 Å². The van der Waals surface area contributed by atoms with E-state index in [9.17, 15) is 18.3 Å². The van der Waals surface area contributed by atoms with E-state index in [4.69, 9.17) is 0 Å². The van der Waals surface area contributed by atoms with Gasteiger partial charge < -0.3 is 15.7 Å². The Labute approximate surface area is 160 Å². The average Bonchev–Trinajstić information content (AvgIpc) is 2.68. The number of hydrogen-bond acceptors (Lipinski definition) is 5. The van der Waals surface area contributed by atoms with Crippen LogP contribution >= 0.6 is 0 Å². The first-order chi connectivity index (χ1) is 13.3. The van der Waals surface area contributed by atoms with E-state index in [1.54, 1.807) is 13.0 Å². The standard InChI is InChI=1S/C20H19F3N4O/c1-13(12-28)24-19-26-17(14-5-3-2-4-6-14)11-18(27-19)25-16-9-7-15(8-10-16)20(21,22)23/h2-11,13,28H,12H2,1H3,(H2,24,25,26,27)/t13-/m1/s1. The molecule has 0 saturated heterocycles. The van der Waals surface area contributed by atoms with Gasteiger partial charge in [0.15, 0.2) is 0 Å². The van der Waals surface area contributed by atoms with Crippen molar-refractivity contribution in [1.29, 1.82) is 0 Å². The molecule has 3 N–H and O–H groups in total. The molecule has 0 radical (unpaired) electrons. The zero-order valence-electron chi connectivity index (χ0n) is 15.0. The van der Waals surface area contributed by atoms with Gasteiger partial charge in [-0.05, 0) is 31.2 Å². The lowest BCUT2D eigenvalue weighted by Gasteiger charge is -2.14. The Hall–Kier alpha value is -3.13. The summed E-state index contributed by atoms with van der Waals surface area (Å²) in [4.78, 5) is 8.80. The molecule has 3 rings (SSSR count). The Balaban J connectivity index is 1.91. The lowest BCUT2D eigenvalue weighted by Crippen LogP contribution is -2.21. The SMILES string of the molecule is C[C@H](CO)Nc1nc(Nc2ccc(C(F)(F)F)cc2)cc(-c2ccccc2)n1. The van der Waals surface area contributed by atoms with E-state index in [1.807, 2.05) is 30.3 Å². The summed E-state index contributed by atoms with van der Waals surface area (Å²) in [6.07, 6.45) is -4.38. The van der Waals surface area contributed by atoms with Crippen LogP contribution in [0.4, 0.5) is 30.6 Å². The third kappa shape index (κ3) is 4.98. The molecule has 0 spiro atoms. The van der Waals surface area contributed by atoms with Crippen LogP contribution in [0.15, 0.2) is 60.7 Å². The molecule has 0 amide bonds. The Morgan fingerprint density at radius 1 is 1.00 bits per heavy atom. The first-order valence-electron chi connectivity index (χ1n) is 8.61. The molecule has 0 aliphatic rings. The molecule has 3 aromatic rings. The second-order valence-electron chi connectivity index (χ2n) is 6.26. The summed E-state index contributed by atoms with van der Waals surface area (Å²) in [7, 11) is 0. The topological polar surface area (TPSA) is 70.1 Å². The highest BCUT2D eigenvalue weighted by molar-refractivity contribution is 5.67. The summed E-state index contributed by atoms with van der Waals surface area (Å²) in [5.41, 5.74) is 1.24. The van der Waals surface area contributed by atoms with Gasteiger partial charge in [-0.3, -0.25) is 0 Å². The van der Waals surface area contributed by atoms with Gasteiger partial charge in [0.1, 0.15) is 5.82 Å². The van der Waals surface area contributed by atoms with Gasteiger partial charge in [-0.1, -0.05) is 30.3 Å². The van der Waals surface area contributed by atoms with E-state index in [-0.39, 0.29) is 12.6 Å². The number of aliphatic hydroxyl groups excluding tert-OH is 1. The van der Waals surface area contributed by atoms with Crippen LogP contribution in [-0.4, -0.2) is 27.7 Å². The molecule has 0 saturated carbocycles. The lowest BCUT2D eigenvalue weighted by molar-refractivity contribution is -0.137. The Kier molecular flexibility index (Phi) is 5.79. The summed E-state index contributed by atoms with van der Waals surface area (Å²) in [5, 5.41) is 15.3. The van der Waals surface area contributed by atoms with Gasteiger partial charge in [0, 0.05) is 23.4 Å². The molecule has 5 nitrogen and oxygen atoms in total. The summed E-state index contributed by atoms with van der Waals surface area (Å²) in [6, 6.07) is 15.6. The number of rotatable bonds is 6. The van der Waals surface area contributed by atoms with Crippen LogP contribution in [0.2, 0.25) is 0 Å². The minimum Gasteiger partial charge on any atom is -0.394 e. The Morgan fingerprint density at radius 3 is 2.29 bits per heavy atom. The largest absolute Gasteiger partial charge is 0.416 e. The molecule has 1 atom stereocenters. The molecular formula is C20H19F3N4O. The van der Waals surface area contributed by atoms with E-state index >= 15 is 0 Å². The molecule has 0 fully saturated rings. The molecule has 2 aromatic carbocycles. The molecular weight excluding hydrogens is 369 g/mol. The molecule has 1 heterocycles. The highest BCUT2D eigenvalue weighted by Crippen LogP contribution is 2.30. The van der Waals surface area contributed by atoms with Crippen molar-refractivity contribution in [2.24, 2.45) is 0 Å². The van der Waals surface area contributed by atoms with Crippen LogP contribution in [0.3, 0.4) is 0 Å². The van der Waals surface area contributed by atoms with Crippen LogP contribution < -0.4 is 10.6 Å². The van der Waals surface area contributed by atoms with Gasteiger partial charge in [-0.25, -0.2) is 4.98 Å². The van der Waals surface area contributed by atoms with Crippen LogP contribution in [-0.2, 0) is 6.18 Å². The van der Waals surface area contributed by atoms with Gasteiger partial charge in [-0.15, -0.1) is 0 Å². The maximum Gasteiger partial charge on any atom is 0.416 e. The monoisotopic (exact) mass is 388 g/mol. The second kappa shape index (κ2) is 8.26. The van der Waals surface area contributed by atoms with Crippen molar-refractivity contribution >= 4 is 17.5 Å². The van der Waals surface area contributed by atoms with E-state index < -0.39 is 11.7 Å². The number of aromatic nitrogens is 2. The van der Waals surface area contributed by atoms with Gasteiger partial charge in [0.2, 0.25) is 5.95 Å². The van der Waals surface area contributed by atoms with E-state index in [2.05, 4.69) is 20.6 Å².